The summed E-state index contributed by atoms with van der Waals surface area (Å²) in [5.74, 6) is -0.854. The minimum Gasteiger partial charge on any atom is -0.503 e. The number of ketones is 1. The predicted octanol–water partition coefficient (Wildman–Crippen LogP) is 4.26. The van der Waals surface area contributed by atoms with Gasteiger partial charge in [0.2, 0.25) is 0 Å². The van der Waals surface area contributed by atoms with E-state index in [1.807, 2.05) is 13.0 Å². The van der Waals surface area contributed by atoms with Crippen LogP contribution in [0, 0.1) is 6.92 Å². The monoisotopic (exact) mass is 415 g/mol. The third kappa shape index (κ3) is 3.01. The molecule has 1 atom stereocenters. The van der Waals surface area contributed by atoms with Crippen LogP contribution in [-0.2, 0) is 9.59 Å². The van der Waals surface area contributed by atoms with Gasteiger partial charge in [0, 0.05) is 10.2 Å². The molecule has 0 saturated heterocycles. The van der Waals surface area contributed by atoms with Gasteiger partial charge in [-0.3, -0.25) is 14.5 Å². The lowest BCUT2D eigenvalue weighted by molar-refractivity contribution is -0.117. The van der Waals surface area contributed by atoms with Crippen LogP contribution < -0.4 is 9.64 Å². The number of amides is 1. The van der Waals surface area contributed by atoms with E-state index in [2.05, 4.69) is 15.9 Å². The summed E-state index contributed by atoms with van der Waals surface area (Å²) in [5.41, 5.74) is 2.37. The van der Waals surface area contributed by atoms with Crippen LogP contribution in [0.25, 0.3) is 0 Å². The normalized spacial score (nSPS) is 17.0. The van der Waals surface area contributed by atoms with Crippen molar-refractivity contribution in [2.45, 2.75) is 19.9 Å². The third-order valence-corrected chi connectivity index (χ3v) is 5.28. The molecule has 1 aliphatic rings. The second-order valence-electron chi connectivity index (χ2n) is 6.11. The van der Waals surface area contributed by atoms with Crippen LogP contribution in [0.2, 0.25) is 0 Å². The van der Waals surface area contributed by atoms with Crippen molar-refractivity contribution >= 4 is 33.3 Å². The van der Waals surface area contributed by atoms with E-state index in [4.69, 9.17) is 4.74 Å². The smallest absolute Gasteiger partial charge is 0.294 e. The summed E-state index contributed by atoms with van der Waals surface area (Å²) >= 11 is 3.47. The maximum absolute atomic E-state index is 12.8. The van der Waals surface area contributed by atoms with E-state index in [1.165, 1.54) is 11.8 Å². The fourth-order valence-corrected chi connectivity index (χ4v) is 3.46. The summed E-state index contributed by atoms with van der Waals surface area (Å²) in [5, 5.41) is 10.4. The van der Waals surface area contributed by atoms with Crippen LogP contribution >= 0.6 is 15.9 Å². The number of aryl methyl sites for hydroxylation is 1. The Morgan fingerprint density at radius 1 is 1.23 bits per heavy atom. The van der Waals surface area contributed by atoms with Gasteiger partial charge >= 0.3 is 0 Å². The summed E-state index contributed by atoms with van der Waals surface area (Å²) in [4.78, 5) is 26.4. The van der Waals surface area contributed by atoms with E-state index in [0.717, 1.165) is 10.0 Å². The van der Waals surface area contributed by atoms with Crippen LogP contribution in [-0.4, -0.2) is 23.9 Å². The molecule has 5 nitrogen and oxygen atoms in total. The fourth-order valence-electron chi connectivity index (χ4n) is 3.09. The van der Waals surface area contributed by atoms with E-state index < -0.39 is 17.7 Å². The lowest BCUT2D eigenvalue weighted by atomic mass is 9.96. The Morgan fingerprint density at radius 3 is 2.58 bits per heavy atom. The number of aliphatic hydroxyl groups excluding tert-OH is 1. The summed E-state index contributed by atoms with van der Waals surface area (Å²) in [6.07, 6.45) is 0. The van der Waals surface area contributed by atoms with E-state index >= 15 is 0 Å². The van der Waals surface area contributed by atoms with Crippen LogP contribution in [0.3, 0.4) is 0 Å². The zero-order chi connectivity index (χ0) is 19.0. The maximum Gasteiger partial charge on any atom is 0.294 e. The van der Waals surface area contributed by atoms with Crippen molar-refractivity contribution < 1.29 is 19.4 Å². The highest BCUT2D eigenvalue weighted by Gasteiger charge is 2.43. The first kappa shape index (κ1) is 18.2. The zero-order valence-electron chi connectivity index (χ0n) is 14.6. The van der Waals surface area contributed by atoms with Gasteiger partial charge in [0.15, 0.2) is 11.5 Å². The molecule has 26 heavy (non-hydrogen) atoms. The molecule has 0 fully saturated rings. The Hall–Kier alpha value is -2.60. The summed E-state index contributed by atoms with van der Waals surface area (Å²) in [6, 6.07) is 11.9. The number of aliphatic hydroxyl groups is 1. The minimum atomic E-state index is -0.718. The van der Waals surface area contributed by atoms with Crippen molar-refractivity contribution in [3.05, 3.63) is 69.4 Å². The van der Waals surface area contributed by atoms with Crippen molar-refractivity contribution in [1.82, 2.24) is 0 Å². The highest BCUT2D eigenvalue weighted by molar-refractivity contribution is 9.10. The highest BCUT2D eigenvalue weighted by Crippen LogP contribution is 2.42. The predicted molar refractivity (Wildman–Crippen MR) is 102 cm³/mol. The van der Waals surface area contributed by atoms with Crippen LogP contribution in [0.15, 0.2) is 58.3 Å². The molecule has 2 aromatic rings. The van der Waals surface area contributed by atoms with Crippen LogP contribution in [0.5, 0.6) is 5.75 Å². The molecule has 0 aromatic heterocycles. The number of Topliss-reactive ketones (excluding diaryl/α,β-unsaturated/α-hetero) is 1. The van der Waals surface area contributed by atoms with Crippen molar-refractivity contribution in [1.29, 1.82) is 0 Å². The first-order valence-electron chi connectivity index (χ1n) is 8.03. The van der Waals surface area contributed by atoms with Crippen LogP contribution in [0.4, 0.5) is 5.69 Å². The molecule has 1 aliphatic heterocycles. The molecule has 0 spiro atoms. The Bertz CT molecular complexity index is 935. The molecular formula is C20H18BrNO4. The van der Waals surface area contributed by atoms with E-state index in [1.54, 1.807) is 43.5 Å². The number of anilines is 1. The lowest BCUT2D eigenvalue weighted by Crippen LogP contribution is -2.30. The Morgan fingerprint density at radius 2 is 1.96 bits per heavy atom. The van der Waals surface area contributed by atoms with Gasteiger partial charge in [-0.1, -0.05) is 34.1 Å². The number of benzene rings is 2. The van der Waals surface area contributed by atoms with Crippen molar-refractivity contribution in [3.8, 4) is 5.75 Å². The number of nitrogens with zero attached hydrogens (tertiary/aromatic N) is 1. The quantitative estimate of drug-likeness (QED) is 0.809. The molecule has 0 radical (unpaired) electrons. The number of hydrogen-bond donors (Lipinski definition) is 1. The Labute approximate surface area is 160 Å². The van der Waals surface area contributed by atoms with Crippen molar-refractivity contribution in [2.24, 2.45) is 0 Å². The van der Waals surface area contributed by atoms with Crippen LogP contribution in [0.1, 0.15) is 24.1 Å². The molecule has 0 aliphatic carbocycles. The average molecular weight is 416 g/mol. The Kier molecular flexibility index (Phi) is 4.87. The van der Waals surface area contributed by atoms with Gasteiger partial charge in [0.1, 0.15) is 5.75 Å². The lowest BCUT2D eigenvalue weighted by Gasteiger charge is -2.27. The van der Waals surface area contributed by atoms with Gasteiger partial charge in [-0.25, -0.2) is 0 Å². The van der Waals surface area contributed by atoms with E-state index in [0.29, 0.717) is 17.0 Å². The number of ether oxygens (including phenoxy) is 1. The standard InChI is InChI=1S/C20H18BrNO4/c1-11-7-8-14(10-16(11)21)22-18(13-5-4-6-15(9-13)26-3)17(12(2)23)19(24)20(22)25/h4-10,18,24H,1-3H3. The molecular weight excluding hydrogens is 398 g/mol. The molecule has 6 heteroatoms. The number of halogens is 1. The number of rotatable bonds is 4. The number of methoxy groups -OCH3 is 1. The molecule has 1 N–H and O–H groups in total. The first-order valence-corrected chi connectivity index (χ1v) is 8.82. The summed E-state index contributed by atoms with van der Waals surface area (Å²) < 4.78 is 6.10. The molecule has 1 amide bonds. The van der Waals surface area contributed by atoms with Gasteiger partial charge in [-0.15, -0.1) is 0 Å². The first-order chi connectivity index (χ1) is 12.3. The molecule has 1 heterocycles. The van der Waals surface area contributed by atoms with Gasteiger partial charge in [0.25, 0.3) is 5.91 Å². The van der Waals surface area contributed by atoms with Crippen molar-refractivity contribution in [3.63, 3.8) is 0 Å². The second-order valence-corrected chi connectivity index (χ2v) is 6.96. The molecule has 3 rings (SSSR count). The Balaban J connectivity index is 2.20. The molecule has 0 saturated carbocycles. The SMILES string of the molecule is COc1cccc(C2C(C(C)=O)=C(O)C(=O)N2c2ccc(C)c(Br)c2)c1. The molecule has 0 bridgehead atoms. The number of hydrogen-bond acceptors (Lipinski definition) is 4. The second kappa shape index (κ2) is 6.96. The number of carbonyl (C=O) groups is 2. The van der Waals surface area contributed by atoms with Gasteiger partial charge in [-0.2, -0.15) is 0 Å². The van der Waals surface area contributed by atoms with Gasteiger partial charge in [0.05, 0.1) is 18.7 Å². The molecule has 134 valence electrons. The molecule has 1 unspecified atom stereocenters. The number of carbonyl (C=O) groups excluding carboxylic acids is 2. The highest BCUT2D eigenvalue weighted by atomic mass is 79.9. The van der Waals surface area contributed by atoms with Gasteiger partial charge in [-0.05, 0) is 49.2 Å². The average Bonchev–Trinajstić information content (AvgIpc) is 2.89. The van der Waals surface area contributed by atoms with Gasteiger partial charge < -0.3 is 9.84 Å². The topological polar surface area (TPSA) is 66.8 Å². The maximum atomic E-state index is 12.8. The third-order valence-electron chi connectivity index (χ3n) is 4.43. The minimum absolute atomic E-state index is 0.0833. The fraction of sp³-hybridized carbons (Fsp3) is 0.200. The molecule has 2 aromatic carbocycles. The van der Waals surface area contributed by atoms with Crippen molar-refractivity contribution in [2.75, 3.05) is 12.0 Å². The largest absolute Gasteiger partial charge is 0.503 e. The zero-order valence-corrected chi connectivity index (χ0v) is 16.2. The van der Waals surface area contributed by atoms with E-state index in [-0.39, 0.29) is 11.4 Å². The van der Waals surface area contributed by atoms with E-state index in [9.17, 15) is 14.7 Å². The summed E-state index contributed by atoms with van der Waals surface area (Å²) in [6.45, 7) is 3.29. The summed E-state index contributed by atoms with van der Waals surface area (Å²) in [7, 11) is 1.55.